The third-order valence-corrected chi connectivity index (χ3v) is 3.86. The van der Waals surface area contributed by atoms with Gasteiger partial charge in [0.2, 0.25) is 0 Å². The van der Waals surface area contributed by atoms with Crippen LogP contribution in [0.15, 0.2) is 23.2 Å². The molecule has 1 fully saturated rings. The Morgan fingerprint density at radius 1 is 1.53 bits per heavy atom. The van der Waals surface area contributed by atoms with Gasteiger partial charge in [-0.25, -0.2) is 4.98 Å². The van der Waals surface area contributed by atoms with Crippen molar-refractivity contribution in [3.63, 3.8) is 0 Å². The largest absolute Gasteiger partial charge is 0.323 e. The highest BCUT2D eigenvalue weighted by atomic mass is 32.2. The molecule has 2 aromatic rings. The van der Waals surface area contributed by atoms with Crippen molar-refractivity contribution in [2.24, 2.45) is 5.92 Å². The molecule has 2 aromatic heterocycles. The van der Waals surface area contributed by atoms with Gasteiger partial charge in [-0.1, -0.05) is 0 Å². The Bertz CT molecular complexity index is 572. The molecule has 0 bridgehead atoms. The zero-order valence-corrected chi connectivity index (χ0v) is 10.5. The second-order valence-corrected chi connectivity index (χ2v) is 5.33. The molecule has 0 radical (unpaired) electrons. The fraction of sp³-hybridized carbons (Fsp3) is 0.385. The first kappa shape index (κ1) is 10.8. The van der Waals surface area contributed by atoms with Crippen LogP contribution in [0.3, 0.4) is 0 Å². The number of carbonyl (C=O) groups excluding carboxylic acids is 1. The molecule has 4 heteroatoms. The molecule has 1 saturated carbocycles. The standard InChI is InChI=1S/C13H14N2OS/c1-17-12-5-4-10-6-11(8-16)15(13(10)14-12)7-9-2-3-9/h4-6,8-9H,2-3,7H2,1H3. The van der Waals surface area contributed by atoms with Gasteiger partial charge in [0.15, 0.2) is 6.29 Å². The molecule has 0 amide bonds. The van der Waals surface area contributed by atoms with Crippen molar-refractivity contribution in [3.8, 4) is 0 Å². The molecule has 88 valence electrons. The van der Waals surface area contributed by atoms with Crippen LogP contribution in [0.25, 0.3) is 11.0 Å². The molecule has 0 N–H and O–H groups in total. The molecule has 0 unspecified atom stereocenters. The number of rotatable bonds is 4. The second-order valence-electron chi connectivity index (χ2n) is 4.51. The van der Waals surface area contributed by atoms with Gasteiger partial charge in [-0.15, -0.1) is 11.8 Å². The van der Waals surface area contributed by atoms with Crippen LogP contribution in [0.2, 0.25) is 0 Å². The minimum absolute atomic E-state index is 0.740. The second kappa shape index (κ2) is 4.18. The number of carbonyl (C=O) groups is 1. The predicted molar refractivity (Wildman–Crippen MR) is 69.6 cm³/mol. The van der Waals surface area contributed by atoms with Crippen molar-refractivity contribution >= 4 is 29.1 Å². The van der Waals surface area contributed by atoms with Crippen LogP contribution in [0.5, 0.6) is 0 Å². The lowest BCUT2D eigenvalue weighted by molar-refractivity contribution is 0.111. The van der Waals surface area contributed by atoms with Crippen molar-refractivity contribution in [3.05, 3.63) is 23.9 Å². The Kier molecular flexibility index (Phi) is 2.67. The van der Waals surface area contributed by atoms with Crippen molar-refractivity contribution in [1.82, 2.24) is 9.55 Å². The summed E-state index contributed by atoms with van der Waals surface area (Å²) in [5.41, 5.74) is 1.70. The number of pyridine rings is 1. The average Bonchev–Trinajstić information content (AvgIpc) is 3.11. The summed E-state index contributed by atoms with van der Waals surface area (Å²) in [4.78, 5) is 15.7. The van der Waals surface area contributed by atoms with E-state index in [9.17, 15) is 4.79 Å². The zero-order chi connectivity index (χ0) is 11.8. The van der Waals surface area contributed by atoms with Crippen LogP contribution < -0.4 is 0 Å². The molecule has 3 rings (SSSR count). The first-order chi connectivity index (χ1) is 8.31. The molecular weight excluding hydrogens is 232 g/mol. The summed E-state index contributed by atoms with van der Waals surface area (Å²) in [6.07, 6.45) is 5.51. The molecule has 0 aliphatic heterocycles. The zero-order valence-electron chi connectivity index (χ0n) is 9.72. The third-order valence-electron chi connectivity index (χ3n) is 3.22. The van der Waals surface area contributed by atoms with Gasteiger partial charge >= 0.3 is 0 Å². The van der Waals surface area contributed by atoms with E-state index >= 15 is 0 Å². The van der Waals surface area contributed by atoms with Crippen molar-refractivity contribution in [2.75, 3.05) is 6.26 Å². The van der Waals surface area contributed by atoms with Crippen molar-refractivity contribution < 1.29 is 4.79 Å². The number of thioether (sulfide) groups is 1. The summed E-state index contributed by atoms with van der Waals surface area (Å²) < 4.78 is 2.07. The van der Waals surface area contributed by atoms with Crippen LogP contribution in [0, 0.1) is 5.92 Å². The van der Waals surface area contributed by atoms with E-state index in [-0.39, 0.29) is 0 Å². The molecule has 2 heterocycles. The minimum atomic E-state index is 0.740. The van der Waals surface area contributed by atoms with Gasteiger partial charge in [0.25, 0.3) is 0 Å². The summed E-state index contributed by atoms with van der Waals surface area (Å²) in [7, 11) is 0. The Hall–Kier alpha value is -1.29. The predicted octanol–water partition coefficient (Wildman–Crippen LogP) is 2.98. The Morgan fingerprint density at radius 2 is 2.35 bits per heavy atom. The minimum Gasteiger partial charge on any atom is -0.323 e. The van der Waals surface area contributed by atoms with Gasteiger partial charge in [0.05, 0.1) is 10.7 Å². The Morgan fingerprint density at radius 3 is 3.00 bits per heavy atom. The van der Waals surface area contributed by atoms with Gasteiger partial charge in [0.1, 0.15) is 5.65 Å². The lowest BCUT2D eigenvalue weighted by atomic mass is 10.3. The maximum Gasteiger partial charge on any atom is 0.166 e. The highest BCUT2D eigenvalue weighted by Gasteiger charge is 2.24. The van der Waals surface area contributed by atoms with Crippen LogP contribution in [-0.4, -0.2) is 22.1 Å². The van der Waals surface area contributed by atoms with E-state index in [0.717, 1.165) is 40.5 Å². The summed E-state index contributed by atoms with van der Waals surface area (Å²) in [5, 5.41) is 2.07. The first-order valence-electron chi connectivity index (χ1n) is 5.81. The lowest BCUT2D eigenvalue weighted by Gasteiger charge is -2.06. The quantitative estimate of drug-likeness (QED) is 0.614. The van der Waals surface area contributed by atoms with Gasteiger partial charge in [0, 0.05) is 11.9 Å². The summed E-state index contributed by atoms with van der Waals surface area (Å²) in [6.45, 7) is 0.933. The van der Waals surface area contributed by atoms with E-state index in [2.05, 4.69) is 9.55 Å². The van der Waals surface area contributed by atoms with Crippen LogP contribution in [0.4, 0.5) is 0 Å². The number of nitrogens with zero attached hydrogens (tertiary/aromatic N) is 2. The smallest absolute Gasteiger partial charge is 0.166 e. The molecule has 17 heavy (non-hydrogen) atoms. The molecule has 1 aliphatic rings. The Balaban J connectivity index is 2.15. The van der Waals surface area contributed by atoms with Crippen molar-refractivity contribution in [1.29, 1.82) is 0 Å². The van der Waals surface area contributed by atoms with E-state index < -0.39 is 0 Å². The normalized spacial score (nSPS) is 15.4. The van der Waals surface area contributed by atoms with Crippen LogP contribution in [-0.2, 0) is 6.54 Å². The molecule has 1 aliphatic carbocycles. The van der Waals surface area contributed by atoms with E-state index in [1.807, 2.05) is 24.5 Å². The highest BCUT2D eigenvalue weighted by Crippen LogP contribution is 2.32. The van der Waals surface area contributed by atoms with E-state index in [4.69, 9.17) is 0 Å². The fourth-order valence-corrected chi connectivity index (χ4v) is 2.47. The molecule has 0 spiro atoms. The molecule has 0 atom stereocenters. The van der Waals surface area contributed by atoms with E-state index in [0.29, 0.717) is 0 Å². The van der Waals surface area contributed by atoms with Crippen LogP contribution in [0.1, 0.15) is 23.3 Å². The SMILES string of the molecule is CSc1ccc2cc(C=O)n(CC3CC3)c2n1. The van der Waals surface area contributed by atoms with Gasteiger partial charge in [-0.05, 0) is 43.2 Å². The number of fused-ring (bicyclic) bond motifs is 1. The van der Waals surface area contributed by atoms with Gasteiger partial charge < -0.3 is 4.57 Å². The van der Waals surface area contributed by atoms with E-state index in [1.54, 1.807) is 11.8 Å². The van der Waals surface area contributed by atoms with E-state index in [1.165, 1.54) is 12.8 Å². The maximum absolute atomic E-state index is 11.1. The summed E-state index contributed by atoms with van der Waals surface area (Å²) in [5.74, 6) is 0.740. The lowest BCUT2D eigenvalue weighted by Crippen LogP contribution is -2.04. The molecule has 0 saturated heterocycles. The number of aromatic nitrogens is 2. The van der Waals surface area contributed by atoms with Crippen molar-refractivity contribution in [2.45, 2.75) is 24.4 Å². The molecule has 3 nitrogen and oxygen atoms in total. The summed E-state index contributed by atoms with van der Waals surface area (Å²) in [6, 6.07) is 5.98. The van der Waals surface area contributed by atoms with Gasteiger partial charge in [-0.2, -0.15) is 0 Å². The monoisotopic (exact) mass is 246 g/mol. The summed E-state index contributed by atoms with van der Waals surface area (Å²) >= 11 is 1.63. The molecule has 0 aromatic carbocycles. The topological polar surface area (TPSA) is 34.9 Å². The third kappa shape index (κ3) is 1.97. The highest BCUT2D eigenvalue weighted by molar-refractivity contribution is 7.98. The first-order valence-corrected chi connectivity index (χ1v) is 7.03. The Labute approximate surface area is 104 Å². The average molecular weight is 246 g/mol. The van der Waals surface area contributed by atoms with Crippen LogP contribution >= 0.6 is 11.8 Å². The number of aldehydes is 1. The van der Waals surface area contributed by atoms with Gasteiger partial charge in [-0.3, -0.25) is 4.79 Å². The number of hydrogen-bond donors (Lipinski definition) is 0. The number of hydrogen-bond acceptors (Lipinski definition) is 3. The fourth-order valence-electron chi connectivity index (χ4n) is 2.09. The maximum atomic E-state index is 11.1. The molecular formula is C13H14N2OS.